The van der Waals surface area contributed by atoms with Gasteiger partial charge in [0, 0.05) is 37.7 Å². The summed E-state index contributed by atoms with van der Waals surface area (Å²) < 4.78 is 38.3. The molecule has 1 saturated heterocycles. The normalized spacial score (nSPS) is 19.6. The Balaban J connectivity index is 0.00000300. The minimum atomic E-state index is -4.43. The zero-order valence-corrected chi connectivity index (χ0v) is 16.7. The number of nitrogens with two attached hydrogens (primary N) is 1. The van der Waals surface area contributed by atoms with Gasteiger partial charge in [-0.25, -0.2) is 0 Å². The quantitative estimate of drug-likeness (QED) is 0.728. The van der Waals surface area contributed by atoms with Crippen LogP contribution in [0.2, 0.25) is 0 Å². The van der Waals surface area contributed by atoms with Crippen LogP contribution >= 0.6 is 12.4 Å². The number of amides is 1. The summed E-state index contributed by atoms with van der Waals surface area (Å²) >= 11 is 0. The first kappa shape index (κ1) is 23.2. The Morgan fingerprint density at radius 1 is 1.10 bits per heavy atom. The molecule has 0 unspecified atom stereocenters. The first-order chi connectivity index (χ1) is 13.4. The predicted octanol–water partition coefficient (Wildman–Crippen LogP) is 4.13. The van der Waals surface area contributed by atoms with Gasteiger partial charge in [0.25, 0.3) is 0 Å². The lowest BCUT2D eigenvalue weighted by atomic mass is 9.89. The van der Waals surface area contributed by atoms with Gasteiger partial charge >= 0.3 is 6.18 Å². The molecule has 3 rings (SSSR count). The number of hydrogen-bond acceptors (Lipinski definition) is 3. The largest absolute Gasteiger partial charge is 0.416 e. The Morgan fingerprint density at radius 3 is 2.48 bits per heavy atom. The summed E-state index contributed by atoms with van der Waals surface area (Å²) in [5, 5.41) is 2.56. The number of anilines is 1. The molecule has 1 aliphatic heterocycles. The summed E-state index contributed by atoms with van der Waals surface area (Å²) in [6.45, 7) is 2.76. The molecular weight excluding hydrogens is 403 g/mol. The van der Waals surface area contributed by atoms with Gasteiger partial charge in [0.2, 0.25) is 5.91 Å². The van der Waals surface area contributed by atoms with Crippen LogP contribution in [0.4, 0.5) is 18.9 Å². The number of hydrogen-bond donors (Lipinski definition) is 2. The number of likely N-dealkylation sites (tertiary alicyclic amines) is 1. The van der Waals surface area contributed by atoms with E-state index in [1.165, 1.54) is 17.7 Å². The van der Waals surface area contributed by atoms with Crippen molar-refractivity contribution in [3.8, 4) is 0 Å². The highest BCUT2D eigenvalue weighted by atomic mass is 35.5. The molecule has 158 valence electrons. The van der Waals surface area contributed by atoms with Gasteiger partial charge in [-0.2, -0.15) is 13.2 Å². The first-order valence-corrected chi connectivity index (χ1v) is 9.31. The van der Waals surface area contributed by atoms with Crippen molar-refractivity contribution in [3.05, 3.63) is 65.7 Å². The van der Waals surface area contributed by atoms with E-state index in [1.807, 2.05) is 18.2 Å². The van der Waals surface area contributed by atoms with E-state index in [4.69, 9.17) is 5.73 Å². The van der Waals surface area contributed by atoms with Gasteiger partial charge in [-0.3, -0.25) is 4.79 Å². The average molecular weight is 428 g/mol. The number of nitrogens with zero attached hydrogens (tertiary/aromatic N) is 1. The predicted molar refractivity (Wildman–Crippen MR) is 110 cm³/mol. The second kappa shape index (κ2) is 10.1. The van der Waals surface area contributed by atoms with E-state index in [2.05, 4.69) is 22.3 Å². The van der Waals surface area contributed by atoms with E-state index >= 15 is 0 Å². The van der Waals surface area contributed by atoms with Crippen LogP contribution in [0, 0.1) is 5.92 Å². The van der Waals surface area contributed by atoms with E-state index in [-0.39, 0.29) is 30.4 Å². The third-order valence-corrected chi connectivity index (χ3v) is 5.18. The molecule has 1 aliphatic rings. The van der Waals surface area contributed by atoms with Crippen molar-refractivity contribution in [1.82, 2.24) is 4.90 Å². The first-order valence-electron chi connectivity index (χ1n) is 9.31. The van der Waals surface area contributed by atoms with Crippen LogP contribution in [0.3, 0.4) is 0 Å². The lowest BCUT2D eigenvalue weighted by molar-refractivity contribution is -0.137. The van der Waals surface area contributed by atoms with Crippen LogP contribution in [-0.2, 0) is 11.0 Å². The molecule has 1 fully saturated rings. The standard InChI is InChI=1S/C21H24F3N3O.ClH/c22-21(23,24)17-7-4-8-18(11-17)26-20(28)9-10-27-13-16(12-25)19(14-27)15-5-2-1-3-6-15;/h1-8,11,16,19H,9-10,12-14,25H2,(H,26,28);1H/t16-,19+;/m1./s1. The fourth-order valence-electron chi connectivity index (χ4n) is 3.72. The third kappa shape index (κ3) is 6.19. The van der Waals surface area contributed by atoms with Crippen molar-refractivity contribution in [2.75, 3.05) is 31.5 Å². The van der Waals surface area contributed by atoms with Gasteiger partial charge in [-0.15, -0.1) is 12.4 Å². The molecule has 2 aromatic rings. The monoisotopic (exact) mass is 427 g/mol. The molecule has 29 heavy (non-hydrogen) atoms. The summed E-state index contributed by atoms with van der Waals surface area (Å²) in [5.74, 6) is 0.360. The summed E-state index contributed by atoms with van der Waals surface area (Å²) in [5.41, 5.74) is 6.56. The molecule has 8 heteroatoms. The molecule has 4 nitrogen and oxygen atoms in total. The Hall–Kier alpha value is -2.09. The van der Waals surface area contributed by atoms with Crippen molar-refractivity contribution >= 4 is 24.0 Å². The highest BCUT2D eigenvalue weighted by Gasteiger charge is 2.33. The summed E-state index contributed by atoms with van der Waals surface area (Å²) in [6.07, 6.45) is -4.21. The maximum atomic E-state index is 12.8. The summed E-state index contributed by atoms with van der Waals surface area (Å²) in [7, 11) is 0. The zero-order valence-electron chi connectivity index (χ0n) is 15.9. The van der Waals surface area contributed by atoms with E-state index in [1.54, 1.807) is 0 Å². The molecule has 1 heterocycles. The van der Waals surface area contributed by atoms with E-state index in [0.717, 1.165) is 25.2 Å². The number of nitrogens with one attached hydrogen (secondary N) is 1. The molecule has 0 radical (unpaired) electrons. The lowest BCUT2D eigenvalue weighted by Gasteiger charge is -2.17. The topological polar surface area (TPSA) is 58.4 Å². The number of alkyl halides is 3. The minimum absolute atomic E-state index is 0. The average Bonchev–Trinajstić information content (AvgIpc) is 3.10. The van der Waals surface area contributed by atoms with Crippen LogP contribution in [0.25, 0.3) is 0 Å². The van der Waals surface area contributed by atoms with Gasteiger partial charge in [0.1, 0.15) is 0 Å². The van der Waals surface area contributed by atoms with Crippen molar-refractivity contribution in [1.29, 1.82) is 0 Å². The van der Waals surface area contributed by atoms with E-state index in [0.29, 0.717) is 24.9 Å². The lowest BCUT2D eigenvalue weighted by Crippen LogP contribution is -2.27. The van der Waals surface area contributed by atoms with Crippen LogP contribution in [0.1, 0.15) is 23.5 Å². The smallest absolute Gasteiger partial charge is 0.330 e. The van der Waals surface area contributed by atoms with Crippen LogP contribution < -0.4 is 11.1 Å². The summed E-state index contributed by atoms with van der Waals surface area (Å²) in [4.78, 5) is 14.4. The van der Waals surface area contributed by atoms with E-state index < -0.39 is 11.7 Å². The van der Waals surface area contributed by atoms with E-state index in [9.17, 15) is 18.0 Å². The van der Waals surface area contributed by atoms with Crippen molar-refractivity contribution in [2.45, 2.75) is 18.5 Å². The third-order valence-electron chi connectivity index (χ3n) is 5.18. The van der Waals surface area contributed by atoms with Gasteiger partial charge in [-0.1, -0.05) is 36.4 Å². The van der Waals surface area contributed by atoms with Crippen LogP contribution in [0.5, 0.6) is 0 Å². The molecule has 0 aliphatic carbocycles. The zero-order chi connectivity index (χ0) is 20.1. The molecule has 0 bridgehead atoms. The number of carbonyl (C=O) groups is 1. The van der Waals surface area contributed by atoms with Crippen LogP contribution in [0.15, 0.2) is 54.6 Å². The van der Waals surface area contributed by atoms with Gasteiger partial charge < -0.3 is 16.0 Å². The molecule has 0 aromatic heterocycles. The number of benzene rings is 2. The Bertz CT molecular complexity index is 801. The molecule has 1 amide bonds. The van der Waals surface area contributed by atoms with Gasteiger partial charge in [-0.05, 0) is 36.2 Å². The maximum Gasteiger partial charge on any atom is 0.416 e. The molecule has 3 N–H and O–H groups in total. The number of rotatable bonds is 6. The van der Waals surface area contributed by atoms with Gasteiger partial charge in [0.05, 0.1) is 5.56 Å². The summed E-state index contributed by atoms with van der Waals surface area (Å²) in [6, 6.07) is 14.9. The Kier molecular flexibility index (Phi) is 8.07. The van der Waals surface area contributed by atoms with Crippen molar-refractivity contribution < 1.29 is 18.0 Å². The number of halogens is 4. The second-order valence-electron chi connectivity index (χ2n) is 7.15. The Morgan fingerprint density at radius 2 is 1.83 bits per heavy atom. The fraction of sp³-hybridized carbons (Fsp3) is 0.381. The minimum Gasteiger partial charge on any atom is -0.330 e. The maximum absolute atomic E-state index is 12.8. The van der Waals surface area contributed by atoms with Crippen LogP contribution in [-0.4, -0.2) is 37.0 Å². The highest BCUT2D eigenvalue weighted by molar-refractivity contribution is 5.90. The second-order valence-corrected chi connectivity index (χ2v) is 7.15. The number of carbonyl (C=O) groups excluding carboxylic acids is 1. The SMILES string of the molecule is Cl.NC[C@@H]1CN(CCC(=O)Nc2cccc(C(F)(F)F)c2)C[C@H]1c1ccccc1. The molecule has 2 aromatic carbocycles. The van der Waals surface area contributed by atoms with Crippen molar-refractivity contribution in [2.24, 2.45) is 11.7 Å². The highest BCUT2D eigenvalue weighted by Crippen LogP contribution is 2.32. The molecule has 0 saturated carbocycles. The molecule has 0 spiro atoms. The fourth-order valence-corrected chi connectivity index (χ4v) is 3.72. The molecular formula is C21H25ClF3N3O. The van der Waals surface area contributed by atoms with Gasteiger partial charge in [0.15, 0.2) is 0 Å². The molecule has 2 atom stereocenters. The Labute approximate surface area is 174 Å². The van der Waals surface area contributed by atoms with Crippen molar-refractivity contribution in [3.63, 3.8) is 0 Å².